The van der Waals surface area contributed by atoms with E-state index in [1.54, 1.807) is 0 Å². The van der Waals surface area contributed by atoms with Crippen LogP contribution in [0.5, 0.6) is 0 Å². The van der Waals surface area contributed by atoms with Gasteiger partial charge in [-0.2, -0.15) is 0 Å². The summed E-state index contributed by atoms with van der Waals surface area (Å²) in [6.45, 7) is 0. The largest absolute Gasteiger partial charge is 0.247 e. The van der Waals surface area contributed by atoms with Crippen LogP contribution in [-0.2, 0) is 6.42 Å². The number of pyridine rings is 3. The standard InChI is InChI=1S/C53H33N3S/c1-2-9-33(10-3-1)45-27-23-34-19-20-35-24-28-46(55-52(35)51(34)54-45)38-22-18-32-17-21-37(30-40(32)31-38)36-11-8-12-39(29-36)50-44-26-25-42-41-13-5-7-16-48(41)57-53(42)49(44)43-14-4-6-15-47(43)56-50/h1-6,8-15,17-31H,7,16H2. The van der Waals surface area contributed by atoms with E-state index < -0.39 is 0 Å². The molecule has 0 N–H and O–H groups in total. The zero-order valence-electron chi connectivity index (χ0n) is 30.9. The predicted octanol–water partition coefficient (Wildman–Crippen LogP) is 14.5. The average molecular weight is 744 g/mol. The number of fused-ring (bicyclic) bond motifs is 11. The molecule has 0 saturated carbocycles. The molecular weight excluding hydrogens is 711 g/mol. The van der Waals surface area contributed by atoms with Crippen molar-refractivity contribution in [2.24, 2.45) is 0 Å². The van der Waals surface area contributed by atoms with Gasteiger partial charge in [-0.1, -0.05) is 140 Å². The molecule has 0 bridgehead atoms. The molecule has 4 heteroatoms. The minimum Gasteiger partial charge on any atom is -0.247 e. The number of benzene rings is 7. The molecule has 0 unspecified atom stereocenters. The molecule has 3 nitrogen and oxygen atoms in total. The second-order valence-electron chi connectivity index (χ2n) is 15.0. The van der Waals surface area contributed by atoms with Crippen LogP contribution in [0.2, 0.25) is 0 Å². The number of aryl methyl sites for hydroxylation is 1. The number of thiophene rings is 1. The van der Waals surface area contributed by atoms with E-state index in [0.29, 0.717) is 0 Å². The predicted molar refractivity (Wildman–Crippen MR) is 242 cm³/mol. The number of hydrogen-bond acceptors (Lipinski definition) is 4. The van der Waals surface area contributed by atoms with Gasteiger partial charge in [0, 0.05) is 58.6 Å². The minimum absolute atomic E-state index is 0.916. The molecule has 4 aromatic heterocycles. The lowest BCUT2D eigenvalue weighted by Crippen LogP contribution is -1.91. The van der Waals surface area contributed by atoms with Crippen molar-refractivity contribution in [1.82, 2.24) is 15.0 Å². The third-order valence-electron chi connectivity index (χ3n) is 11.7. The van der Waals surface area contributed by atoms with Crippen LogP contribution in [0.3, 0.4) is 0 Å². The van der Waals surface area contributed by atoms with Gasteiger partial charge in [-0.05, 0) is 76.7 Å². The van der Waals surface area contributed by atoms with Crippen molar-refractivity contribution in [2.75, 3.05) is 0 Å². The molecule has 1 aliphatic rings. The molecular formula is C53H33N3S. The highest BCUT2D eigenvalue weighted by molar-refractivity contribution is 7.20. The fourth-order valence-electron chi connectivity index (χ4n) is 8.79. The number of hydrogen-bond donors (Lipinski definition) is 0. The highest BCUT2D eigenvalue weighted by Gasteiger charge is 2.19. The minimum atomic E-state index is 0.916. The lowest BCUT2D eigenvalue weighted by molar-refractivity contribution is 1.02. The molecule has 4 heterocycles. The number of aromatic nitrogens is 3. The van der Waals surface area contributed by atoms with Gasteiger partial charge in [-0.25, -0.2) is 15.0 Å². The fraction of sp³-hybridized carbons (Fsp3) is 0.0377. The molecule has 0 fully saturated rings. The highest BCUT2D eigenvalue weighted by Crippen LogP contribution is 2.44. The molecule has 12 rings (SSSR count). The molecule has 0 amide bonds. The van der Waals surface area contributed by atoms with Gasteiger partial charge >= 0.3 is 0 Å². The molecule has 57 heavy (non-hydrogen) atoms. The molecule has 266 valence electrons. The smallest absolute Gasteiger partial charge is 0.0972 e. The van der Waals surface area contributed by atoms with Gasteiger partial charge < -0.3 is 0 Å². The maximum atomic E-state index is 5.33. The SMILES string of the molecule is C1=Cc2c(sc3c2ccc2c(-c4cccc(-c5ccc6ccc(-c7ccc8ccc9ccc(-c%10ccccc%10)nc9c8n7)cc6c5)c4)nc4ccccc4c23)CC1. The van der Waals surface area contributed by atoms with Crippen molar-refractivity contribution in [3.8, 4) is 44.9 Å². The lowest BCUT2D eigenvalue weighted by Gasteiger charge is -2.13. The van der Waals surface area contributed by atoms with Crippen LogP contribution in [-0.4, -0.2) is 15.0 Å². The van der Waals surface area contributed by atoms with Crippen molar-refractivity contribution < 1.29 is 0 Å². The number of rotatable bonds is 4. The number of para-hydroxylation sites is 1. The third-order valence-corrected chi connectivity index (χ3v) is 13.0. The zero-order valence-corrected chi connectivity index (χ0v) is 31.7. The van der Waals surface area contributed by atoms with Crippen LogP contribution in [0.4, 0.5) is 0 Å². The number of nitrogens with zero attached hydrogens (tertiary/aromatic N) is 3. The first kappa shape index (κ1) is 32.3. The molecule has 0 saturated heterocycles. The van der Waals surface area contributed by atoms with Crippen LogP contribution in [0.15, 0.2) is 170 Å². The summed E-state index contributed by atoms with van der Waals surface area (Å²) in [4.78, 5) is 17.2. The summed E-state index contributed by atoms with van der Waals surface area (Å²) in [5.74, 6) is 0. The number of allylic oxidation sites excluding steroid dienone is 1. The monoisotopic (exact) mass is 743 g/mol. The van der Waals surface area contributed by atoms with Gasteiger partial charge in [0.25, 0.3) is 0 Å². The molecule has 0 atom stereocenters. The van der Waals surface area contributed by atoms with Crippen molar-refractivity contribution in [2.45, 2.75) is 12.8 Å². The molecule has 11 aromatic rings. The molecule has 0 radical (unpaired) electrons. The van der Waals surface area contributed by atoms with E-state index in [1.165, 1.54) is 53.0 Å². The summed E-state index contributed by atoms with van der Waals surface area (Å²) in [5, 5.41) is 9.61. The summed E-state index contributed by atoms with van der Waals surface area (Å²) < 4.78 is 1.37. The van der Waals surface area contributed by atoms with Gasteiger partial charge in [-0.15, -0.1) is 11.3 Å². The maximum Gasteiger partial charge on any atom is 0.0972 e. The van der Waals surface area contributed by atoms with Gasteiger partial charge in [-0.3, -0.25) is 0 Å². The van der Waals surface area contributed by atoms with E-state index in [-0.39, 0.29) is 0 Å². The summed E-state index contributed by atoms with van der Waals surface area (Å²) in [7, 11) is 0. The first-order valence-electron chi connectivity index (χ1n) is 19.6. The Morgan fingerprint density at radius 2 is 1.09 bits per heavy atom. The first-order valence-corrected chi connectivity index (χ1v) is 20.4. The summed E-state index contributed by atoms with van der Waals surface area (Å²) >= 11 is 1.96. The first-order chi connectivity index (χ1) is 28.2. The summed E-state index contributed by atoms with van der Waals surface area (Å²) in [5.41, 5.74) is 12.8. The quantitative estimate of drug-likeness (QED) is 0.169. The zero-order chi connectivity index (χ0) is 37.5. The molecule has 0 spiro atoms. The van der Waals surface area contributed by atoms with Gasteiger partial charge in [0.1, 0.15) is 0 Å². The third kappa shape index (κ3) is 5.29. The van der Waals surface area contributed by atoms with E-state index >= 15 is 0 Å². The molecule has 0 aliphatic heterocycles. The van der Waals surface area contributed by atoms with Gasteiger partial charge in [0.2, 0.25) is 0 Å². The van der Waals surface area contributed by atoms with Crippen LogP contribution in [0, 0.1) is 0 Å². The van der Waals surface area contributed by atoms with Crippen molar-refractivity contribution >= 4 is 81.8 Å². The summed E-state index contributed by atoms with van der Waals surface area (Å²) in [6.07, 6.45) is 6.86. The Balaban J connectivity index is 0.957. The van der Waals surface area contributed by atoms with Crippen molar-refractivity contribution in [3.05, 3.63) is 180 Å². The second kappa shape index (κ2) is 12.8. The normalized spacial score (nSPS) is 12.7. The van der Waals surface area contributed by atoms with Crippen LogP contribution in [0.25, 0.3) is 115 Å². The Morgan fingerprint density at radius 3 is 1.93 bits per heavy atom. The lowest BCUT2D eigenvalue weighted by atomic mass is 9.94. The van der Waals surface area contributed by atoms with E-state index in [0.717, 1.165) is 79.5 Å². The van der Waals surface area contributed by atoms with E-state index in [2.05, 4.69) is 170 Å². The molecule has 1 aliphatic carbocycles. The van der Waals surface area contributed by atoms with Gasteiger partial charge in [0.05, 0.1) is 33.6 Å². The van der Waals surface area contributed by atoms with Crippen LogP contribution < -0.4 is 0 Å². The maximum absolute atomic E-state index is 5.33. The average Bonchev–Trinajstić information content (AvgIpc) is 3.67. The van der Waals surface area contributed by atoms with E-state index in [9.17, 15) is 0 Å². The Bertz CT molecular complexity index is 3470. The Kier molecular flexibility index (Phi) is 7.23. The molecule has 7 aromatic carbocycles. The topological polar surface area (TPSA) is 38.7 Å². The van der Waals surface area contributed by atoms with Crippen molar-refractivity contribution in [1.29, 1.82) is 0 Å². The highest BCUT2D eigenvalue weighted by atomic mass is 32.1. The Labute approximate surface area is 333 Å². The Morgan fingerprint density at radius 1 is 0.439 bits per heavy atom. The Hall–Kier alpha value is -7.01. The van der Waals surface area contributed by atoms with Gasteiger partial charge in [0.15, 0.2) is 0 Å². The van der Waals surface area contributed by atoms with E-state index in [4.69, 9.17) is 15.0 Å². The van der Waals surface area contributed by atoms with Crippen LogP contribution >= 0.6 is 11.3 Å². The summed E-state index contributed by atoms with van der Waals surface area (Å²) in [6, 6.07) is 58.7. The van der Waals surface area contributed by atoms with Crippen molar-refractivity contribution in [3.63, 3.8) is 0 Å². The fourth-order valence-corrected chi connectivity index (χ4v) is 10.2. The van der Waals surface area contributed by atoms with Crippen LogP contribution in [0.1, 0.15) is 16.9 Å². The second-order valence-corrected chi connectivity index (χ2v) is 16.2. The van der Waals surface area contributed by atoms with E-state index in [1.807, 2.05) is 17.4 Å².